The van der Waals surface area contributed by atoms with Crippen LogP contribution >= 0.6 is 17.1 Å². The summed E-state index contributed by atoms with van der Waals surface area (Å²) < 4.78 is 12.0. The molecule has 0 atom stereocenters. The van der Waals surface area contributed by atoms with E-state index in [4.69, 9.17) is 20.9 Å². The first kappa shape index (κ1) is 18.9. The Labute approximate surface area is 123 Å². The van der Waals surface area contributed by atoms with Crippen LogP contribution in [0.4, 0.5) is 0 Å². The summed E-state index contributed by atoms with van der Waals surface area (Å²) in [5.74, 6) is 0. The molecule has 0 aliphatic heterocycles. The van der Waals surface area contributed by atoms with Crippen molar-refractivity contribution in [3.63, 3.8) is 0 Å². The van der Waals surface area contributed by atoms with Crippen LogP contribution < -0.4 is 0 Å². The summed E-state index contributed by atoms with van der Waals surface area (Å²) in [4.78, 5) is 0. The first-order chi connectivity index (χ1) is 8.39. The fourth-order valence-electron chi connectivity index (χ4n) is 1.10. The molecule has 0 heterocycles. The van der Waals surface area contributed by atoms with E-state index in [9.17, 15) is 0 Å². The van der Waals surface area contributed by atoms with E-state index in [0.717, 1.165) is 45.3 Å². The van der Waals surface area contributed by atoms with Crippen molar-refractivity contribution in [1.82, 2.24) is 0 Å². The zero-order valence-corrected chi connectivity index (χ0v) is 15.1. The molecule has 0 N–H and O–H groups in total. The Bertz CT molecular complexity index is 243. The third-order valence-corrected chi connectivity index (χ3v) is 8.80. The number of rotatable bonds is 11. The monoisotopic (exact) mass is 312 g/mol. The maximum atomic E-state index is 5.92. The van der Waals surface area contributed by atoms with E-state index in [0.29, 0.717) is 0 Å². The van der Waals surface area contributed by atoms with Gasteiger partial charge in [0.2, 0.25) is 5.69 Å². The maximum absolute atomic E-state index is 5.92. The third kappa shape index (κ3) is 8.92. The van der Waals surface area contributed by atoms with Crippen LogP contribution in [-0.2, 0) is 20.9 Å². The molecule has 0 amide bonds. The van der Waals surface area contributed by atoms with E-state index in [1.165, 1.54) is 0 Å². The normalized spacial score (nSPS) is 12.9. The average molecular weight is 312 g/mol. The Kier molecular flexibility index (Phi) is 10.3. The molecule has 0 bridgehead atoms. The number of unbranched alkanes of at least 4 members (excludes halogenated alkanes) is 2. The van der Waals surface area contributed by atoms with Crippen LogP contribution in [0.15, 0.2) is 0 Å². The zero-order chi connectivity index (χ0) is 14.1. The summed E-state index contributed by atoms with van der Waals surface area (Å²) in [6, 6.07) is 0. The van der Waals surface area contributed by atoms with E-state index >= 15 is 0 Å². The minimum Gasteiger partial charge on any atom is -0.322 e. The summed E-state index contributed by atoms with van der Waals surface area (Å²) in [5, 5.41) is 0. The molecule has 0 spiro atoms. The van der Waals surface area contributed by atoms with Crippen LogP contribution in [0.3, 0.4) is 0 Å². The van der Waals surface area contributed by atoms with Gasteiger partial charge < -0.3 is 9.05 Å². The van der Waals surface area contributed by atoms with Crippen molar-refractivity contribution in [3.05, 3.63) is 0 Å². The highest BCUT2D eigenvalue weighted by Gasteiger charge is 2.29. The first-order valence-electron chi connectivity index (χ1n) is 6.99. The van der Waals surface area contributed by atoms with Gasteiger partial charge in [0, 0.05) is 4.75 Å². The lowest BCUT2D eigenvalue weighted by Gasteiger charge is -2.30. The topological polar surface area (TPSA) is 18.5 Å². The molecule has 0 rings (SSSR count). The van der Waals surface area contributed by atoms with Gasteiger partial charge in [0.1, 0.15) is 0 Å². The van der Waals surface area contributed by atoms with Gasteiger partial charge in [-0.2, -0.15) is 0 Å². The van der Waals surface area contributed by atoms with Crippen molar-refractivity contribution in [2.24, 2.45) is 0 Å². The standard InChI is InChI=1S/C13H29O2PS2/c1-6-9-11-14-16(17,15-12-10-7-2)18-13(4,5)8-3/h6-12H2,1-5H3. The molecule has 0 aromatic heterocycles. The van der Waals surface area contributed by atoms with E-state index in [1.54, 1.807) is 11.4 Å². The van der Waals surface area contributed by atoms with Crippen molar-refractivity contribution >= 4 is 28.9 Å². The third-order valence-electron chi connectivity index (χ3n) is 2.70. The predicted molar refractivity (Wildman–Crippen MR) is 88.0 cm³/mol. The Hall–Kier alpha value is 0.920. The van der Waals surface area contributed by atoms with Crippen LogP contribution in [0, 0.1) is 0 Å². The van der Waals surface area contributed by atoms with Gasteiger partial charge in [0.25, 0.3) is 0 Å². The van der Waals surface area contributed by atoms with Crippen LogP contribution in [0.25, 0.3) is 0 Å². The number of hydrogen-bond acceptors (Lipinski definition) is 4. The molecule has 18 heavy (non-hydrogen) atoms. The van der Waals surface area contributed by atoms with Crippen LogP contribution in [0.1, 0.15) is 66.7 Å². The van der Waals surface area contributed by atoms with Gasteiger partial charge in [-0.1, -0.05) is 58.8 Å². The van der Waals surface area contributed by atoms with Gasteiger partial charge in [-0.3, -0.25) is 0 Å². The fourth-order valence-corrected chi connectivity index (χ4v) is 7.95. The lowest BCUT2D eigenvalue weighted by molar-refractivity contribution is 0.253. The quantitative estimate of drug-likeness (QED) is 0.356. The molecule has 5 heteroatoms. The van der Waals surface area contributed by atoms with E-state index in [2.05, 4.69) is 34.6 Å². The molecule has 0 aromatic rings. The summed E-state index contributed by atoms with van der Waals surface area (Å²) in [6.45, 7) is 12.4. The molecule has 0 saturated carbocycles. The largest absolute Gasteiger partial charge is 0.322 e. The van der Waals surface area contributed by atoms with Crippen LogP contribution in [-0.4, -0.2) is 18.0 Å². The maximum Gasteiger partial charge on any atom is 0.247 e. The van der Waals surface area contributed by atoms with Crippen LogP contribution in [0.5, 0.6) is 0 Å². The smallest absolute Gasteiger partial charge is 0.247 e. The van der Waals surface area contributed by atoms with Crippen molar-refractivity contribution in [2.45, 2.75) is 71.5 Å². The minimum atomic E-state index is -2.17. The molecular formula is C13H29O2PS2. The summed E-state index contributed by atoms with van der Waals surface area (Å²) in [7, 11) is 0. The van der Waals surface area contributed by atoms with Gasteiger partial charge in [-0.25, -0.2) is 0 Å². The summed E-state index contributed by atoms with van der Waals surface area (Å²) >= 11 is 7.40. The molecule has 0 aliphatic rings. The van der Waals surface area contributed by atoms with E-state index in [-0.39, 0.29) is 4.75 Å². The second-order valence-electron chi connectivity index (χ2n) is 5.03. The Morgan fingerprint density at radius 2 is 1.44 bits per heavy atom. The molecule has 0 saturated heterocycles. The highest BCUT2D eigenvalue weighted by Crippen LogP contribution is 2.66. The van der Waals surface area contributed by atoms with Gasteiger partial charge in [0.15, 0.2) is 0 Å². The Morgan fingerprint density at radius 3 is 1.78 bits per heavy atom. The predicted octanol–water partition coefficient (Wildman–Crippen LogP) is 5.77. The zero-order valence-electron chi connectivity index (χ0n) is 12.5. The van der Waals surface area contributed by atoms with Gasteiger partial charge in [0.05, 0.1) is 13.2 Å². The average Bonchev–Trinajstić information content (AvgIpc) is 2.29. The van der Waals surface area contributed by atoms with Gasteiger partial charge in [-0.05, 0) is 31.1 Å². The highest BCUT2D eigenvalue weighted by atomic mass is 32.9. The summed E-state index contributed by atoms with van der Waals surface area (Å²) in [6.07, 6.45) is 5.45. The minimum absolute atomic E-state index is 0.133. The Balaban J connectivity index is 4.43. The van der Waals surface area contributed by atoms with Crippen molar-refractivity contribution in [3.8, 4) is 0 Å². The van der Waals surface area contributed by atoms with Gasteiger partial charge >= 0.3 is 0 Å². The first-order valence-corrected chi connectivity index (χ1v) is 11.0. The molecule has 0 aromatic carbocycles. The van der Waals surface area contributed by atoms with Crippen molar-refractivity contribution < 1.29 is 9.05 Å². The van der Waals surface area contributed by atoms with E-state index < -0.39 is 5.69 Å². The van der Waals surface area contributed by atoms with Crippen molar-refractivity contribution in [2.75, 3.05) is 13.2 Å². The Morgan fingerprint density at radius 1 is 1.00 bits per heavy atom. The molecule has 110 valence electrons. The number of hydrogen-bond donors (Lipinski definition) is 0. The SMILES string of the molecule is CCCCOP(=S)(OCCCC)SC(C)(C)CC. The molecule has 0 aliphatic carbocycles. The summed E-state index contributed by atoms with van der Waals surface area (Å²) in [5.41, 5.74) is -2.17. The van der Waals surface area contributed by atoms with Crippen molar-refractivity contribution in [1.29, 1.82) is 0 Å². The molecule has 0 unspecified atom stereocenters. The molecule has 2 nitrogen and oxygen atoms in total. The second kappa shape index (κ2) is 9.77. The highest BCUT2D eigenvalue weighted by molar-refractivity contribution is 8.68. The molecule has 0 radical (unpaired) electrons. The lowest BCUT2D eigenvalue weighted by Crippen LogP contribution is -2.13. The molecule has 0 fully saturated rings. The molecular weight excluding hydrogens is 283 g/mol. The lowest BCUT2D eigenvalue weighted by atomic mass is 10.1. The van der Waals surface area contributed by atoms with Gasteiger partial charge in [-0.15, -0.1) is 0 Å². The fraction of sp³-hybridized carbons (Fsp3) is 1.00. The second-order valence-corrected chi connectivity index (χ2v) is 11.8. The van der Waals surface area contributed by atoms with Crippen LogP contribution in [0.2, 0.25) is 0 Å². The van der Waals surface area contributed by atoms with E-state index in [1.807, 2.05) is 0 Å².